The number of hydrogen-bond donors (Lipinski definition) is 1. The van der Waals surface area contributed by atoms with Crippen molar-refractivity contribution in [1.82, 2.24) is 4.31 Å². The zero-order valence-electron chi connectivity index (χ0n) is 19.6. The second kappa shape index (κ2) is 10.9. The third kappa shape index (κ3) is 5.78. The Morgan fingerprint density at radius 3 is 2.27 bits per heavy atom. The minimum Gasteiger partial charge on any atom is -0.497 e. The van der Waals surface area contributed by atoms with Gasteiger partial charge in [-0.05, 0) is 49.6 Å². The number of anilines is 1. The molecule has 0 heterocycles. The smallest absolute Gasteiger partial charge is 0.247 e. The Kier molecular flexibility index (Phi) is 8.20. The topological polar surface area (TPSA) is 94.2 Å². The number of methoxy groups -OCH3 is 3. The van der Waals surface area contributed by atoms with E-state index in [1.165, 1.54) is 25.6 Å². The van der Waals surface area contributed by atoms with Crippen molar-refractivity contribution in [3.8, 4) is 17.2 Å². The van der Waals surface area contributed by atoms with Crippen LogP contribution >= 0.6 is 0 Å². The number of benzene rings is 2. The van der Waals surface area contributed by atoms with Gasteiger partial charge < -0.3 is 19.5 Å². The van der Waals surface area contributed by atoms with E-state index < -0.39 is 15.9 Å². The van der Waals surface area contributed by atoms with Gasteiger partial charge in [-0.2, -0.15) is 4.31 Å². The standard InChI is InChI=1S/C24H32N2O6S/c1-17-10-12-22(32-4)23(14-17)33(28,29)26(18-8-6-5-7-9-18)16-24(27)25-20-15-19(30-2)11-13-21(20)31-3/h10-15,18H,5-9,16H2,1-4H3,(H,25,27). The Labute approximate surface area is 195 Å². The molecule has 0 saturated heterocycles. The molecule has 1 saturated carbocycles. The summed E-state index contributed by atoms with van der Waals surface area (Å²) in [7, 11) is 0.479. The first-order valence-electron chi connectivity index (χ1n) is 11.0. The van der Waals surface area contributed by atoms with Crippen molar-refractivity contribution in [3.05, 3.63) is 42.0 Å². The molecule has 1 fully saturated rings. The molecule has 180 valence electrons. The first kappa shape index (κ1) is 24.9. The Morgan fingerprint density at radius 1 is 0.970 bits per heavy atom. The summed E-state index contributed by atoms with van der Waals surface area (Å²) >= 11 is 0. The number of nitrogens with one attached hydrogen (secondary N) is 1. The van der Waals surface area contributed by atoms with Gasteiger partial charge in [0.2, 0.25) is 15.9 Å². The van der Waals surface area contributed by atoms with Crippen LogP contribution in [0.4, 0.5) is 5.69 Å². The average Bonchev–Trinajstić information content (AvgIpc) is 2.82. The van der Waals surface area contributed by atoms with Gasteiger partial charge in [-0.1, -0.05) is 25.3 Å². The van der Waals surface area contributed by atoms with E-state index in [0.717, 1.165) is 24.8 Å². The van der Waals surface area contributed by atoms with Gasteiger partial charge in [-0.3, -0.25) is 4.79 Å². The van der Waals surface area contributed by atoms with Gasteiger partial charge in [-0.25, -0.2) is 8.42 Å². The van der Waals surface area contributed by atoms with E-state index >= 15 is 0 Å². The highest BCUT2D eigenvalue weighted by molar-refractivity contribution is 7.89. The molecule has 33 heavy (non-hydrogen) atoms. The number of aryl methyl sites for hydroxylation is 1. The van der Waals surface area contributed by atoms with Crippen molar-refractivity contribution >= 4 is 21.6 Å². The van der Waals surface area contributed by atoms with Crippen LogP contribution in [0.5, 0.6) is 17.2 Å². The predicted octanol–water partition coefficient (Wildman–Crippen LogP) is 3.98. The highest BCUT2D eigenvalue weighted by Gasteiger charge is 2.36. The van der Waals surface area contributed by atoms with Crippen LogP contribution in [0.15, 0.2) is 41.3 Å². The molecule has 0 aliphatic heterocycles. The number of carbonyl (C=O) groups excluding carboxylic acids is 1. The fourth-order valence-corrected chi connectivity index (χ4v) is 6.02. The van der Waals surface area contributed by atoms with Crippen LogP contribution in [0.3, 0.4) is 0 Å². The van der Waals surface area contributed by atoms with E-state index in [4.69, 9.17) is 14.2 Å². The maximum Gasteiger partial charge on any atom is 0.247 e. The van der Waals surface area contributed by atoms with Gasteiger partial charge in [0.1, 0.15) is 22.1 Å². The molecule has 1 aliphatic rings. The number of rotatable bonds is 9. The molecule has 0 aromatic heterocycles. The summed E-state index contributed by atoms with van der Waals surface area (Å²) in [5.41, 5.74) is 1.21. The summed E-state index contributed by atoms with van der Waals surface area (Å²) in [5.74, 6) is 0.808. The summed E-state index contributed by atoms with van der Waals surface area (Å²) in [5, 5.41) is 2.79. The first-order chi connectivity index (χ1) is 15.8. The van der Waals surface area contributed by atoms with Crippen molar-refractivity contribution < 1.29 is 27.4 Å². The summed E-state index contributed by atoms with van der Waals surface area (Å²) < 4.78 is 44.8. The van der Waals surface area contributed by atoms with Crippen molar-refractivity contribution in [2.75, 3.05) is 33.2 Å². The summed E-state index contributed by atoms with van der Waals surface area (Å²) in [6.45, 7) is 1.51. The highest BCUT2D eigenvalue weighted by atomic mass is 32.2. The van der Waals surface area contributed by atoms with E-state index in [9.17, 15) is 13.2 Å². The fraction of sp³-hybridized carbons (Fsp3) is 0.458. The SMILES string of the molecule is COc1ccc(OC)c(NC(=O)CN(C2CCCCC2)S(=O)(=O)c2cc(C)ccc2OC)c1. The third-order valence-electron chi connectivity index (χ3n) is 5.87. The predicted molar refractivity (Wildman–Crippen MR) is 127 cm³/mol. The Morgan fingerprint density at radius 2 is 1.64 bits per heavy atom. The average molecular weight is 477 g/mol. The highest BCUT2D eigenvalue weighted by Crippen LogP contribution is 2.33. The van der Waals surface area contributed by atoms with Crippen molar-refractivity contribution in [3.63, 3.8) is 0 Å². The van der Waals surface area contributed by atoms with Gasteiger partial charge in [0.15, 0.2) is 0 Å². The van der Waals surface area contributed by atoms with Gasteiger partial charge >= 0.3 is 0 Å². The minimum absolute atomic E-state index is 0.0716. The lowest BCUT2D eigenvalue weighted by atomic mass is 9.95. The van der Waals surface area contributed by atoms with E-state index in [1.807, 2.05) is 6.92 Å². The number of nitrogens with zero attached hydrogens (tertiary/aromatic N) is 1. The molecule has 0 spiro atoms. The lowest BCUT2D eigenvalue weighted by Crippen LogP contribution is -2.45. The van der Waals surface area contributed by atoms with E-state index in [-0.39, 0.29) is 23.2 Å². The summed E-state index contributed by atoms with van der Waals surface area (Å²) in [4.78, 5) is 13.2. The molecule has 1 aliphatic carbocycles. The van der Waals surface area contributed by atoms with Crippen LogP contribution < -0.4 is 19.5 Å². The molecule has 1 N–H and O–H groups in total. The van der Waals surface area contributed by atoms with Crippen molar-refractivity contribution in [2.24, 2.45) is 0 Å². The zero-order valence-corrected chi connectivity index (χ0v) is 20.4. The largest absolute Gasteiger partial charge is 0.497 e. The van der Waals surface area contributed by atoms with Gasteiger partial charge in [0.05, 0.1) is 33.6 Å². The number of amides is 1. The molecule has 0 unspecified atom stereocenters. The number of carbonyl (C=O) groups is 1. The Bertz CT molecular complexity index is 1080. The fourth-order valence-electron chi connectivity index (χ4n) is 4.13. The first-order valence-corrected chi connectivity index (χ1v) is 12.4. The molecule has 2 aromatic carbocycles. The second-order valence-corrected chi connectivity index (χ2v) is 9.97. The monoisotopic (exact) mass is 476 g/mol. The van der Waals surface area contributed by atoms with Crippen LogP contribution in [-0.2, 0) is 14.8 Å². The van der Waals surface area contributed by atoms with Crippen LogP contribution in [0.1, 0.15) is 37.7 Å². The Balaban J connectivity index is 1.94. The van der Waals surface area contributed by atoms with Crippen LogP contribution in [0, 0.1) is 6.92 Å². The molecular weight excluding hydrogens is 444 g/mol. The second-order valence-electron chi connectivity index (χ2n) is 8.11. The van der Waals surface area contributed by atoms with Gasteiger partial charge in [-0.15, -0.1) is 0 Å². The molecule has 9 heteroatoms. The van der Waals surface area contributed by atoms with Crippen LogP contribution in [0.2, 0.25) is 0 Å². The molecule has 8 nitrogen and oxygen atoms in total. The van der Waals surface area contributed by atoms with Crippen molar-refractivity contribution in [1.29, 1.82) is 0 Å². The van der Waals surface area contributed by atoms with E-state index in [2.05, 4.69) is 5.32 Å². The zero-order chi connectivity index (χ0) is 24.0. The van der Waals surface area contributed by atoms with Crippen LogP contribution in [0.25, 0.3) is 0 Å². The summed E-state index contributed by atoms with van der Waals surface area (Å²) in [6.07, 6.45) is 4.33. The molecule has 2 aromatic rings. The molecular formula is C24H32N2O6S. The minimum atomic E-state index is -3.99. The molecule has 3 rings (SSSR count). The normalized spacial score (nSPS) is 14.7. The Hall–Kier alpha value is -2.78. The summed E-state index contributed by atoms with van der Waals surface area (Å²) in [6, 6.07) is 9.81. The van der Waals surface area contributed by atoms with E-state index in [1.54, 1.807) is 36.4 Å². The molecule has 1 amide bonds. The van der Waals surface area contributed by atoms with Crippen LogP contribution in [-0.4, -0.2) is 52.5 Å². The maximum atomic E-state index is 13.8. The van der Waals surface area contributed by atoms with Gasteiger partial charge in [0, 0.05) is 12.1 Å². The number of ether oxygens (including phenoxy) is 3. The molecule has 0 radical (unpaired) electrons. The lowest BCUT2D eigenvalue weighted by molar-refractivity contribution is -0.116. The molecule has 0 bridgehead atoms. The maximum absolute atomic E-state index is 13.8. The molecule has 0 atom stereocenters. The third-order valence-corrected chi connectivity index (χ3v) is 7.79. The lowest BCUT2D eigenvalue weighted by Gasteiger charge is -2.33. The van der Waals surface area contributed by atoms with E-state index in [0.29, 0.717) is 30.0 Å². The number of hydrogen-bond acceptors (Lipinski definition) is 6. The quantitative estimate of drug-likeness (QED) is 0.588. The number of sulfonamides is 1. The van der Waals surface area contributed by atoms with Crippen molar-refractivity contribution in [2.45, 2.75) is 50.0 Å². The van der Waals surface area contributed by atoms with Gasteiger partial charge in [0.25, 0.3) is 0 Å².